The van der Waals surface area contributed by atoms with Crippen molar-refractivity contribution in [1.82, 2.24) is 0 Å². The van der Waals surface area contributed by atoms with E-state index in [1.54, 1.807) is 12.1 Å². The summed E-state index contributed by atoms with van der Waals surface area (Å²) in [6.07, 6.45) is 0.524. The quantitative estimate of drug-likeness (QED) is 0.697. The minimum atomic E-state index is -0.397. The lowest BCUT2D eigenvalue weighted by molar-refractivity contribution is -0.385. The van der Waals surface area contributed by atoms with Crippen molar-refractivity contribution in [3.63, 3.8) is 0 Å². The summed E-state index contributed by atoms with van der Waals surface area (Å²) in [5.74, 6) is 0.850. The number of fused-ring (bicyclic) bond motifs is 1. The van der Waals surface area contributed by atoms with Crippen LogP contribution in [0, 0.1) is 24.0 Å². The van der Waals surface area contributed by atoms with Crippen molar-refractivity contribution in [2.45, 2.75) is 32.4 Å². The van der Waals surface area contributed by atoms with E-state index in [2.05, 4.69) is 0 Å². The van der Waals surface area contributed by atoms with E-state index in [1.165, 1.54) is 0 Å². The monoisotopic (exact) mass is 298 g/mol. The lowest BCUT2D eigenvalue weighted by Crippen LogP contribution is -2.30. The second-order valence-corrected chi connectivity index (χ2v) is 5.73. The van der Waals surface area contributed by atoms with Gasteiger partial charge in [0.25, 0.3) is 5.69 Å². The summed E-state index contributed by atoms with van der Waals surface area (Å²) >= 11 is 0. The number of hydrogen-bond donors (Lipinski definition) is 1. The molecule has 5 nitrogen and oxygen atoms in total. The van der Waals surface area contributed by atoms with Crippen molar-refractivity contribution in [1.29, 1.82) is 0 Å². The first-order valence-corrected chi connectivity index (χ1v) is 7.23. The molecule has 0 saturated heterocycles. The van der Waals surface area contributed by atoms with E-state index < -0.39 is 6.04 Å². The third kappa shape index (κ3) is 2.44. The van der Waals surface area contributed by atoms with Gasteiger partial charge >= 0.3 is 0 Å². The van der Waals surface area contributed by atoms with Gasteiger partial charge in [-0.2, -0.15) is 0 Å². The van der Waals surface area contributed by atoms with E-state index >= 15 is 0 Å². The van der Waals surface area contributed by atoms with Crippen LogP contribution in [0.3, 0.4) is 0 Å². The Balaban J connectivity index is 1.93. The number of nitrogens with zero attached hydrogens (tertiary/aromatic N) is 1. The van der Waals surface area contributed by atoms with Gasteiger partial charge in [0.1, 0.15) is 11.9 Å². The maximum absolute atomic E-state index is 11.1. The Morgan fingerprint density at radius 3 is 2.73 bits per heavy atom. The number of hydrogen-bond acceptors (Lipinski definition) is 4. The molecule has 0 saturated carbocycles. The zero-order chi connectivity index (χ0) is 15.9. The van der Waals surface area contributed by atoms with E-state index in [1.807, 2.05) is 38.1 Å². The lowest BCUT2D eigenvalue weighted by Gasteiger charge is -2.22. The second-order valence-electron chi connectivity index (χ2n) is 5.73. The minimum Gasteiger partial charge on any atom is -0.488 e. The molecule has 0 radical (unpaired) electrons. The molecule has 2 aromatic carbocycles. The predicted octanol–water partition coefficient (Wildman–Crippen LogP) is 3.22. The molecule has 1 aliphatic rings. The highest BCUT2D eigenvalue weighted by atomic mass is 16.6. The molecular formula is C17H18N2O3. The fourth-order valence-electron chi connectivity index (χ4n) is 2.93. The smallest absolute Gasteiger partial charge is 0.270 e. The molecule has 2 aromatic rings. The zero-order valence-corrected chi connectivity index (χ0v) is 12.6. The van der Waals surface area contributed by atoms with Crippen LogP contribution < -0.4 is 10.5 Å². The van der Waals surface area contributed by atoms with E-state index in [9.17, 15) is 10.1 Å². The third-order valence-corrected chi connectivity index (χ3v) is 4.33. The maximum Gasteiger partial charge on any atom is 0.270 e. The molecule has 2 unspecified atom stereocenters. The summed E-state index contributed by atoms with van der Waals surface area (Å²) in [7, 11) is 0. The molecule has 22 heavy (non-hydrogen) atoms. The van der Waals surface area contributed by atoms with Crippen molar-refractivity contribution in [3.8, 4) is 5.75 Å². The number of nitro benzene ring substituents is 1. The number of ether oxygens (including phenoxy) is 1. The van der Waals surface area contributed by atoms with Gasteiger partial charge in [0, 0.05) is 18.6 Å². The van der Waals surface area contributed by atoms with Crippen LogP contribution in [-0.4, -0.2) is 11.0 Å². The van der Waals surface area contributed by atoms with Gasteiger partial charge in [-0.1, -0.05) is 18.2 Å². The minimum absolute atomic E-state index is 0.0732. The van der Waals surface area contributed by atoms with Gasteiger partial charge in [-0.3, -0.25) is 10.1 Å². The molecule has 0 aromatic heterocycles. The zero-order valence-electron chi connectivity index (χ0n) is 12.6. The highest BCUT2D eigenvalue weighted by Gasteiger charge is 2.30. The predicted molar refractivity (Wildman–Crippen MR) is 84.1 cm³/mol. The van der Waals surface area contributed by atoms with Crippen LogP contribution in [0.25, 0.3) is 0 Å². The first-order chi connectivity index (χ1) is 10.5. The topological polar surface area (TPSA) is 78.4 Å². The standard InChI is InChI=1S/C17H18N2O3/c1-10-7-13(19(20)21)9-14(11(10)2)17(18)16-8-12-5-3-4-6-15(12)22-16/h3-7,9,16-17H,8,18H2,1-2H3. The highest BCUT2D eigenvalue weighted by Crippen LogP contribution is 2.35. The lowest BCUT2D eigenvalue weighted by atomic mass is 9.92. The van der Waals surface area contributed by atoms with Crippen molar-refractivity contribution in [2.75, 3.05) is 0 Å². The Morgan fingerprint density at radius 2 is 2.05 bits per heavy atom. The number of benzene rings is 2. The number of aryl methyl sites for hydroxylation is 1. The molecule has 5 heteroatoms. The largest absolute Gasteiger partial charge is 0.488 e. The molecule has 0 spiro atoms. The Hall–Kier alpha value is -2.40. The van der Waals surface area contributed by atoms with Gasteiger partial charge in [-0.05, 0) is 42.2 Å². The second kappa shape index (κ2) is 5.42. The number of nitrogens with two attached hydrogens (primary N) is 1. The molecule has 1 aliphatic heterocycles. The van der Waals surface area contributed by atoms with E-state index in [-0.39, 0.29) is 16.7 Å². The highest BCUT2D eigenvalue weighted by molar-refractivity contribution is 5.47. The van der Waals surface area contributed by atoms with Crippen LogP contribution in [0.5, 0.6) is 5.75 Å². The first kappa shape index (κ1) is 14.5. The molecule has 1 heterocycles. The van der Waals surface area contributed by atoms with Crippen LogP contribution in [0.4, 0.5) is 5.69 Å². The molecule has 0 fully saturated rings. The van der Waals surface area contributed by atoms with Crippen molar-refractivity contribution in [3.05, 3.63) is 68.8 Å². The SMILES string of the molecule is Cc1cc([N+](=O)[O-])cc(C(N)C2Cc3ccccc3O2)c1C. The number of para-hydroxylation sites is 1. The van der Waals surface area contributed by atoms with E-state index in [0.29, 0.717) is 0 Å². The normalized spacial score (nSPS) is 17.7. The molecule has 2 atom stereocenters. The van der Waals surface area contributed by atoms with Crippen LogP contribution in [0.15, 0.2) is 36.4 Å². The summed E-state index contributed by atoms with van der Waals surface area (Å²) in [4.78, 5) is 10.7. The van der Waals surface area contributed by atoms with Gasteiger partial charge in [-0.25, -0.2) is 0 Å². The number of nitro groups is 1. The van der Waals surface area contributed by atoms with Crippen LogP contribution in [0.2, 0.25) is 0 Å². The Kier molecular flexibility index (Phi) is 3.58. The van der Waals surface area contributed by atoms with Crippen LogP contribution in [0.1, 0.15) is 28.3 Å². The van der Waals surface area contributed by atoms with Gasteiger partial charge in [0.15, 0.2) is 0 Å². The third-order valence-electron chi connectivity index (χ3n) is 4.33. The fourth-order valence-corrected chi connectivity index (χ4v) is 2.93. The Labute approximate surface area is 128 Å². The Bertz CT molecular complexity index is 718. The van der Waals surface area contributed by atoms with Crippen molar-refractivity contribution >= 4 is 5.69 Å². The molecule has 0 aliphatic carbocycles. The van der Waals surface area contributed by atoms with Gasteiger partial charge in [0.2, 0.25) is 0 Å². The molecule has 2 N–H and O–H groups in total. The van der Waals surface area contributed by atoms with Crippen LogP contribution in [-0.2, 0) is 6.42 Å². The average molecular weight is 298 g/mol. The summed E-state index contributed by atoms with van der Waals surface area (Å²) in [6, 6.07) is 10.6. The summed E-state index contributed by atoms with van der Waals surface area (Å²) in [6.45, 7) is 3.80. The van der Waals surface area contributed by atoms with E-state index in [0.717, 1.165) is 34.4 Å². The summed E-state index contributed by atoms with van der Waals surface area (Å²) in [5.41, 5.74) is 10.2. The summed E-state index contributed by atoms with van der Waals surface area (Å²) < 4.78 is 5.92. The Morgan fingerprint density at radius 1 is 1.32 bits per heavy atom. The maximum atomic E-state index is 11.1. The van der Waals surface area contributed by atoms with Gasteiger partial charge in [0.05, 0.1) is 11.0 Å². The van der Waals surface area contributed by atoms with Gasteiger partial charge < -0.3 is 10.5 Å². The van der Waals surface area contributed by atoms with Crippen molar-refractivity contribution in [2.24, 2.45) is 5.73 Å². The van der Waals surface area contributed by atoms with E-state index in [4.69, 9.17) is 10.5 Å². The molecule has 114 valence electrons. The van der Waals surface area contributed by atoms with Gasteiger partial charge in [-0.15, -0.1) is 0 Å². The molecule has 0 bridgehead atoms. The summed E-state index contributed by atoms with van der Waals surface area (Å²) in [5, 5.41) is 11.1. The van der Waals surface area contributed by atoms with Crippen LogP contribution >= 0.6 is 0 Å². The first-order valence-electron chi connectivity index (χ1n) is 7.23. The molecular weight excluding hydrogens is 280 g/mol. The average Bonchev–Trinajstić information content (AvgIpc) is 2.93. The molecule has 3 rings (SSSR count). The molecule has 0 amide bonds. The number of non-ortho nitro benzene ring substituents is 1. The number of rotatable bonds is 3. The fraction of sp³-hybridized carbons (Fsp3) is 0.294. The van der Waals surface area contributed by atoms with Crippen molar-refractivity contribution < 1.29 is 9.66 Å².